The van der Waals surface area contributed by atoms with Crippen molar-refractivity contribution in [2.45, 2.75) is 39.7 Å². The van der Waals surface area contributed by atoms with Gasteiger partial charge in [0.2, 0.25) is 11.8 Å². The lowest BCUT2D eigenvalue weighted by Crippen LogP contribution is -2.41. The summed E-state index contributed by atoms with van der Waals surface area (Å²) in [6.45, 7) is 6.23. The molecule has 0 spiro atoms. The van der Waals surface area contributed by atoms with Crippen LogP contribution in [0, 0.1) is 0 Å². The molecule has 8 heteroatoms. The predicted octanol–water partition coefficient (Wildman–Crippen LogP) is 3.05. The lowest BCUT2D eigenvalue weighted by atomic mass is 10.2. The number of ether oxygens (including phenoxy) is 2. The minimum atomic E-state index is -0.476. The van der Waals surface area contributed by atoms with E-state index in [9.17, 15) is 14.4 Å². The minimum Gasteiger partial charge on any atom is -0.494 e. The van der Waals surface area contributed by atoms with E-state index in [1.807, 2.05) is 20.8 Å². The average Bonchev–Trinajstić information content (AvgIpc) is 2.72. The van der Waals surface area contributed by atoms with Crippen LogP contribution in [-0.2, 0) is 9.59 Å². The lowest BCUT2D eigenvalue weighted by Gasteiger charge is -2.11. The van der Waals surface area contributed by atoms with Gasteiger partial charge in [0.1, 0.15) is 11.5 Å². The van der Waals surface area contributed by atoms with Crippen molar-refractivity contribution in [2.24, 2.45) is 0 Å². The molecule has 3 amide bonds. The summed E-state index contributed by atoms with van der Waals surface area (Å²) in [6, 6.07) is 13.6. The number of nitrogens with one attached hydrogen (secondary N) is 3. The highest BCUT2D eigenvalue weighted by molar-refractivity contribution is 5.96. The Balaban J connectivity index is 1.73. The van der Waals surface area contributed by atoms with Crippen LogP contribution in [0.15, 0.2) is 48.5 Å². The zero-order valence-electron chi connectivity index (χ0n) is 17.4. The van der Waals surface area contributed by atoms with Gasteiger partial charge in [-0.1, -0.05) is 6.07 Å². The molecule has 0 aliphatic rings. The average molecular weight is 413 g/mol. The first kappa shape index (κ1) is 22.7. The van der Waals surface area contributed by atoms with Crippen LogP contribution in [0.4, 0.5) is 5.69 Å². The molecule has 0 unspecified atom stereocenters. The van der Waals surface area contributed by atoms with Crippen molar-refractivity contribution in [3.05, 3.63) is 54.1 Å². The Morgan fingerprint density at radius 3 is 2.27 bits per heavy atom. The summed E-state index contributed by atoms with van der Waals surface area (Å²) >= 11 is 0. The SMILES string of the molecule is CCOc1ccc(NC(=O)CCC(=O)NNC(=O)c2cccc(OC(C)C)c2)cc1. The van der Waals surface area contributed by atoms with Crippen molar-refractivity contribution >= 4 is 23.4 Å². The molecule has 0 bridgehead atoms. The lowest BCUT2D eigenvalue weighted by molar-refractivity contribution is -0.124. The monoisotopic (exact) mass is 413 g/mol. The van der Waals surface area contributed by atoms with E-state index in [0.717, 1.165) is 0 Å². The van der Waals surface area contributed by atoms with E-state index in [2.05, 4.69) is 16.2 Å². The molecule has 0 atom stereocenters. The molecule has 160 valence electrons. The standard InChI is InChI=1S/C22H27N3O5/c1-4-29-18-10-8-17(9-11-18)23-20(26)12-13-21(27)24-25-22(28)16-6-5-7-19(14-16)30-15(2)3/h5-11,14-15H,4,12-13H2,1-3H3,(H,23,26)(H,24,27)(H,25,28). The number of rotatable bonds is 9. The zero-order valence-corrected chi connectivity index (χ0v) is 17.4. The van der Waals surface area contributed by atoms with Gasteiger partial charge in [0.15, 0.2) is 0 Å². The van der Waals surface area contributed by atoms with Crippen LogP contribution < -0.4 is 25.6 Å². The van der Waals surface area contributed by atoms with Crippen molar-refractivity contribution in [3.8, 4) is 11.5 Å². The third-order valence-corrected chi connectivity index (χ3v) is 3.81. The Morgan fingerprint density at radius 1 is 0.900 bits per heavy atom. The van der Waals surface area contributed by atoms with E-state index >= 15 is 0 Å². The van der Waals surface area contributed by atoms with E-state index in [1.54, 1.807) is 48.5 Å². The number of hydrazine groups is 1. The first-order valence-corrected chi connectivity index (χ1v) is 9.76. The van der Waals surface area contributed by atoms with Gasteiger partial charge in [-0.3, -0.25) is 25.2 Å². The topological polar surface area (TPSA) is 106 Å². The van der Waals surface area contributed by atoms with E-state index in [4.69, 9.17) is 9.47 Å². The van der Waals surface area contributed by atoms with Gasteiger partial charge in [-0.2, -0.15) is 0 Å². The second-order valence-corrected chi connectivity index (χ2v) is 6.70. The first-order chi connectivity index (χ1) is 14.4. The first-order valence-electron chi connectivity index (χ1n) is 9.76. The van der Waals surface area contributed by atoms with Crippen LogP contribution in [-0.4, -0.2) is 30.4 Å². The molecule has 0 aromatic heterocycles. The van der Waals surface area contributed by atoms with Gasteiger partial charge in [-0.15, -0.1) is 0 Å². The molecule has 0 heterocycles. The Morgan fingerprint density at radius 2 is 1.60 bits per heavy atom. The fourth-order valence-electron chi connectivity index (χ4n) is 2.50. The summed E-state index contributed by atoms with van der Waals surface area (Å²) in [6.07, 6.45) is -0.108. The highest BCUT2D eigenvalue weighted by atomic mass is 16.5. The molecule has 0 aliphatic carbocycles. The number of carbonyl (C=O) groups is 3. The third kappa shape index (κ3) is 7.83. The molecular weight excluding hydrogens is 386 g/mol. The van der Waals surface area contributed by atoms with Crippen molar-refractivity contribution in [3.63, 3.8) is 0 Å². The molecule has 3 N–H and O–H groups in total. The van der Waals surface area contributed by atoms with E-state index in [1.165, 1.54) is 0 Å². The Labute approximate surface area is 175 Å². The molecular formula is C22H27N3O5. The number of amides is 3. The molecule has 2 aromatic carbocycles. The van der Waals surface area contributed by atoms with Crippen LogP contribution in [0.2, 0.25) is 0 Å². The van der Waals surface area contributed by atoms with Crippen molar-refractivity contribution in [1.29, 1.82) is 0 Å². The van der Waals surface area contributed by atoms with Crippen LogP contribution in [0.5, 0.6) is 11.5 Å². The summed E-state index contributed by atoms with van der Waals surface area (Å²) in [5.41, 5.74) is 5.60. The zero-order chi connectivity index (χ0) is 21.9. The summed E-state index contributed by atoms with van der Waals surface area (Å²) < 4.78 is 10.9. The van der Waals surface area contributed by atoms with Gasteiger partial charge in [-0.25, -0.2) is 0 Å². The second kappa shape index (κ2) is 11.5. The fraction of sp³-hybridized carbons (Fsp3) is 0.318. The van der Waals surface area contributed by atoms with Gasteiger partial charge in [0.25, 0.3) is 5.91 Å². The van der Waals surface area contributed by atoms with Gasteiger partial charge in [0, 0.05) is 24.1 Å². The third-order valence-electron chi connectivity index (χ3n) is 3.81. The molecule has 0 aliphatic heterocycles. The second-order valence-electron chi connectivity index (χ2n) is 6.70. The van der Waals surface area contributed by atoms with Crippen molar-refractivity contribution in [1.82, 2.24) is 10.9 Å². The van der Waals surface area contributed by atoms with Crippen LogP contribution >= 0.6 is 0 Å². The molecule has 30 heavy (non-hydrogen) atoms. The van der Waals surface area contributed by atoms with Gasteiger partial charge >= 0.3 is 0 Å². The Kier molecular flexibility index (Phi) is 8.68. The molecule has 0 saturated heterocycles. The number of hydrogen-bond donors (Lipinski definition) is 3. The van der Waals surface area contributed by atoms with Crippen LogP contribution in [0.1, 0.15) is 44.0 Å². The molecule has 0 fully saturated rings. The highest BCUT2D eigenvalue weighted by Crippen LogP contribution is 2.16. The number of benzene rings is 2. The van der Waals surface area contributed by atoms with E-state index in [-0.39, 0.29) is 24.9 Å². The Hall–Kier alpha value is -3.55. The van der Waals surface area contributed by atoms with Crippen LogP contribution in [0.3, 0.4) is 0 Å². The molecule has 0 radical (unpaired) electrons. The highest BCUT2D eigenvalue weighted by Gasteiger charge is 2.11. The number of carbonyl (C=O) groups excluding carboxylic acids is 3. The van der Waals surface area contributed by atoms with E-state index in [0.29, 0.717) is 29.4 Å². The molecule has 2 aromatic rings. The molecule has 2 rings (SSSR count). The predicted molar refractivity (Wildman–Crippen MR) is 113 cm³/mol. The van der Waals surface area contributed by atoms with Gasteiger partial charge in [0.05, 0.1) is 12.7 Å². The van der Waals surface area contributed by atoms with Gasteiger partial charge in [-0.05, 0) is 63.2 Å². The van der Waals surface area contributed by atoms with Crippen molar-refractivity contribution in [2.75, 3.05) is 11.9 Å². The summed E-state index contributed by atoms with van der Waals surface area (Å²) in [4.78, 5) is 36.1. The summed E-state index contributed by atoms with van der Waals surface area (Å²) in [5, 5.41) is 2.70. The molecule has 0 saturated carbocycles. The maximum absolute atomic E-state index is 12.2. The normalized spacial score (nSPS) is 10.3. The van der Waals surface area contributed by atoms with Gasteiger partial charge < -0.3 is 14.8 Å². The fourth-order valence-corrected chi connectivity index (χ4v) is 2.50. The van der Waals surface area contributed by atoms with Crippen molar-refractivity contribution < 1.29 is 23.9 Å². The smallest absolute Gasteiger partial charge is 0.269 e. The number of hydrogen-bond acceptors (Lipinski definition) is 5. The maximum atomic E-state index is 12.2. The Bertz CT molecular complexity index is 865. The largest absolute Gasteiger partial charge is 0.494 e. The summed E-state index contributed by atoms with van der Waals surface area (Å²) in [5.74, 6) is 0.0252. The quantitative estimate of drug-likeness (QED) is 0.548. The van der Waals surface area contributed by atoms with E-state index < -0.39 is 11.8 Å². The summed E-state index contributed by atoms with van der Waals surface area (Å²) in [7, 11) is 0. The van der Waals surface area contributed by atoms with Crippen LogP contribution in [0.25, 0.3) is 0 Å². The molecule has 8 nitrogen and oxygen atoms in total. The number of anilines is 1. The maximum Gasteiger partial charge on any atom is 0.269 e. The minimum absolute atomic E-state index is 0.0169.